The van der Waals surface area contributed by atoms with Gasteiger partial charge in [0.05, 0.1) is 12.7 Å². The van der Waals surface area contributed by atoms with E-state index in [1.807, 2.05) is 0 Å². The Bertz CT molecular complexity index is 666. The van der Waals surface area contributed by atoms with E-state index >= 15 is 0 Å². The number of alkyl halides is 3. The molecule has 110 valence electrons. The number of aromatic hydroxyl groups is 1. The molecule has 21 heavy (non-hydrogen) atoms. The van der Waals surface area contributed by atoms with Gasteiger partial charge in [-0.15, -0.1) is 0 Å². The summed E-state index contributed by atoms with van der Waals surface area (Å²) in [7, 11) is 1.35. The molecule has 3 nitrogen and oxygen atoms in total. The van der Waals surface area contributed by atoms with E-state index in [1.54, 1.807) is 18.2 Å². The topological polar surface area (TPSA) is 41.8 Å². The third-order valence-electron chi connectivity index (χ3n) is 2.79. The Morgan fingerprint density at radius 1 is 1.14 bits per heavy atom. The van der Waals surface area contributed by atoms with Crippen molar-refractivity contribution in [3.8, 4) is 11.5 Å². The molecule has 2 aromatic carbocycles. The fraction of sp³-hybridized carbons (Fsp3) is 0.133. The van der Waals surface area contributed by atoms with E-state index in [4.69, 9.17) is 4.74 Å². The summed E-state index contributed by atoms with van der Waals surface area (Å²) < 4.78 is 43.1. The number of hydrogen-bond acceptors (Lipinski definition) is 3. The minimum Gasteiger partial charge on any atom is -0.507 e. The smallest absolute Gasteiger partial charge is 0.416 e. The summed E-state index contributed by atoms with van der Waals surface area (Å²) in [6, 6.07) is 9.42. The lowest BCUT2D eigenvalue weighted by molar-refractivity contribution is -0.137. The minimum atomic E-state index is -4.45. The Morgan fingerprint density at radius 2 is 1.86 bits per heavy atom. The van der Waals surface area contributed by atoms with Crippen molar-refractivity contribution in [2.45, 2.75) is 6.18 Å². The summed E-state index contributed by atoms with van der Waals surface area (Å²) in [5.74, 6) is 0.210. The molecule has 0 amide bonds. The van der Waals surface area contributed by atoms with Gasteiger partial charge in [0.15, 0.2) is 0 Å². The molecular weight excluding hydrogens is 283 g/mol. The molecule has 0 aliphatic carbocycles. The largest absolute Gasteiger partial charge is 0.507 e. The van der Waals surface area contributed by atoms with Gasteiger partial charge in [0.1, 0.15) is 17.2 Å². The van der Waals surface area contributed by atoms with Gasteiger partial charge in [-0.2, -0.15) is 13.2 Å². The number of nitrogens with zero attached hydrogens (tertiary/aromatic N) is 1. The molecule has 0 bridgehead atoms. The molecule has 0 saturated heterocycles. The van der Waals surface area contributed by atoms with Crippen molar-refractivity contribution < 1.29 is 23.0 Å². The maximum absolute atomic E-state index is 12.7. The van der Waals surface area contributed by atoms with Crippen LogP contribution in [0.2, 0.25) is 0 Å². The second-order valence-electron chi connectivity index (χ2n) is 4.20. The molecule has 0 atom stereocenters. The standard InChI is InChI=1S/C15H12F3NO2/c1-21-14-7-6-11(15(16,17)18)8-12(14)19-9-10-4-2-3-5-13(10)20/h2-9,20H,1H3. The van der Waals surface area contributed by atoms with Crippen molar-refractivity contribution in [1.82, 2.24) is 0 Å². The summed E-state index contributed by atoms with van der Waals surface area (Å²) in [6.45, 7) is 0. The lowest BCUT2D eigenvalue weighted by Gasteiger charge is -2.10. The first-order chi connectivity index (χ1) is 9.91. The van der Waals surface area contributed by atoms with Gasteiger partial charge in [-0.25, -0.2) is 0 Å². The number of methoxy groups -OCH3 is 1. The second kappa shape index (κ2) is 5.87. The van der Waals surface area contributed by atoms with Crippen LogP contribution in [0.3, 0.4) is 0 Å². The summed E-state index contributed by atoms with van der Waals surface area (Å²) in [4.78, 5) is 3.97. The number of ether oxygens (including phenoxy) is 1. The fourth-order valence-corrected chi connectivity index (χ4v) is 1.70. The Morgan fingerprint density at radius 3 is 2.48 bits per heavy atom. The Kier molecular flexibility index (Phi) is 4.16. The molecule has 0 radical (unpaired) electrons. The first-order valence-corrected chi connectivity index (χ1v) is 5.99. The van der Waals surface area contributed by atoms with Gasteiger partial charge in [0, 0.05) is 11.8 Å². The van der Waals surface area contributed by atoms with Crippen LogP contribution < -0.4 is 4.74 Å². The molecular formula is C15H12F3NO2. The lowest BCUT2D eigenvalue weighted by atomic mass is 10.1. The van der Waals surface area contributed by atoms with Gasteiger partial charge in [-0.1, -0.05) is 12.1 Å². The zero-order valence-corrected chi connectivity index (χ0v) is 11.1. The van der Waals surface area contributed by atoms with Crippen LogP contribution in [-0.4, -0.2) is 18.4 Å². The number of hydrogen-bond donors (Lipinski definition) is 1. The number of rotatable bonds is 3. The van der Waals surface area contributed by atoms with Gasteiger partial charge < -0.3 is 9.84 Å². The number of halogens is 3. The van der Waals surface area contributed by atoms with Crippen molar-refractivity contribution in [2.24, 2.45) is 4.99 Å². The average molecular weight is 295 g/mol. The Hall–Kier alpha value is -2.50. The highest BCUT2D eigenvalue weighted by Gasteiger charge is 2.31. The van der Waals surface area contributed by atoms with E-state index in [2.05, 4.69) is 4.99 Å². The van der Waals surface area contributed by atoms with E-state index in [0.29, 0.717) is 5.56 Å². The zero-order valence-electron chi connectivity index (χ0n) is 11.1. The molecule has 0 fully saturated rings. The van der Waals surface area contributed by atoms with Crippen LogP contribution in [0.4, 0.5) is 18.9 Å². The molecule has 0 unspecified atom stereocenters. The van der Waals surface area contributed by atoms with Crippen molar-refractivity contribution in [3.05, 3.63) is 53.6 Å². The van der Waals surface area contributed by atoms with E-state index < -0.39 is 11.7 Å². The van der Waals surface area contributed by atoms with E-state index in [-0.39, 0.29) is 17.2 Å². The van der Waals surface area contributed by atoms with Crippen molar-refractivity contribution >= 4 is 11.9 Å². The normalized spacial score (nSPS) is 11.8. The highest BCUT2D eigenvalue weighted by molar-refractivity contribution is 5.85. The molecule has 0 saturated carbocycles. The highest BCUT2D eigenvalue weighted by atomic mass is 19.4. The van der Waals surface area contributed by atoms with Crippen molar-refractivity contribution in [2.75, 3.05) is 7.11 Å². The van der Waals surface area contributed by atoms with Crippen LogP contribution >= 0.6 is 0 Å². The Balaban J connectivity index is 2.40. The van der Waals surface area contributed by atoms with Crippen molar-refractivity contribution in [1.29, 1.82) is 0 Å². The van der Waals surface area contributed by atoms with Gasteiger partial charge >= 0.3 is 6.18 Å². The van der Waals surface area contributed by atoms with E-state index in [9.17, 15) is 18.3 Å². The van der Waals surface area contributed by atoms with Crippen LogP contribution in [0.1, 0.15) is 11.1 Å². The van der Waals surface area contributed by atoms with Gasteiger partial charge in [0.25, 0.3) is 0 Å². The summed E-state index contributed by atoms with van der Waals surface area (Å²) in [5.41, 5.74) is -0.375. The molecule has 2 aromatic rings. The summed E-state index contributed by atoms with van der Waals surface area (Å²) in [5, 5.41) is 9.60. The number of para-hydroxylation sites is 1. The van der Waals surface area contributed by atoms with Crippen LogP contribution in [0, 0.1) is 0 Å². The van der Waals surface area contributed by atoms with Crippen LogP contribution in [0.5, 0.6) is 11.5 Å². The predicted molar refractivity (Wildman–Crippen MR) is 73.4 cm³/mol. The minimum absolute atomic E-state index is 0.00723. The Labute approximate surface area is 119 Å². The average Bonchev–Trinajstić information content (AvgIpc) is 2.45. The molecule has 0 aliphatic rings. The summed E-state index contributed by atoms with van der Waals surface area (Å²) in [6.07, 6.45) is -3.17. The molecule has 0 heterocycles. The number of phenols is 1. The quantitative estimate of drug-likeness (QED) is 0.863. The summed E-state index contributed by atoms with van der Waals surface area (Å²) >= 11 is 0. The van der Waals surface area contributed by atoms with Gasteiger partial charge in [-0.3, -0.25) is 4.99 Å². The molecule has 2 rings (SSSR count). The molecule has 0 aromatic heterocycles. The number of phenolic OH excluding ortho intramolecular Hbond substituents is 1. The maximum Gasteiger partial charge on any atom is 0.416 e. The SMILES string of the molecule is COc1ccc(C(F)(F)F)cc1N=Cc1ccccc1O. The zero-order chi connectivity index (χ0) is 15.5. The van der Waals surface area contributed by atoms with Crippen molar-refractivity contribution in [3.63, 3.8) is 0 Å². The van der Waals surface area contributed by atoms with E-state index in [0.717, 1.165) is 12.1 Å². The van der Waals surface area contributed by atoms with Gasteiger partial charge in [0.2, 0.25) is 0 Å². The van der Waals surface area contributed by atoms with Crippen LogP contribution in [-0.2, 0) is 6.18 Å². The third-order valence-corrected chi connectivity index (χ3v) is 2.79. The van der Waals surface area contributed by atoms with Crippen LogP contribution in [0.15, 0.2) is 47.5 Å². The number of benzene rings is 2. The number of aliphatic imine (C=N–C) groups is 1. The first kappa shape index (κ1) is 14.9. The van der Waals surface area contributed by atoms with E-state index in [1.165, 1.54) is 25.5 Å². The molecule has 0 aliphatic heterocycles. The molecule has 6 heteroatoms. The molecule has 0 spiro atoms. The third kappa shape index (κ3) is 3.53. The van der Waals surface area contributed by atoms with Crippen LogP contribution in [0.25, 0.3) is 0 Å². The lowest BCUT2D eigenvalue weighted by Crippen LogP contribution is -2.04. The maximum atomic E-state index is 12.7. The predicted octanol–water partition coefficient (Wildman–Crippen LogP) is 4.17. The monoisotopic (exact) mass is 295 g/mol. The molecule has 1 N–H and O–H groups in total. The highest BCUT2D eigenvalue weighted by Crippen LogP contribution is 2.36. The second-order valence-corrected chi connectivity index (χ2v) is 4.20. The first-order valence-electron chi connectivity index (χ1n) is 5.99. The van der Waals surface area contributed by atoms with Gasteiger partial charge in [-0.05, 0) is 30.3 Å². The fourth-order valence-electron chi connectivity index (χ4n) is 1.70.